The molecule has 0 fully saturated rings. The summed E-state index contributed by atoms with van der Waals surface area (Å²) in [5.74, 6) is 0.276. The van der Waals surface area contributed by atoms with E-state index in [1.807, 2.05) is 0 Å². The van der Waals surface area contributed by atoms with Crippen LogP contribution in [0.2, 0.25) is 10.0 Å². The van der Waals surface area contributed by atoms with E-state index in [9.17, 15) is 4.79 Å². The first-order chi connectivity index (χ1) is 9.60. The normalized spacial score (nSPS) is 10.8. The van der Waals surface area contributed by atoms with E-state index in [1.165, 1.54) is 19.4 Å². The van der Waals surface area contributed by atoms with E-state index >= 15 is 0 Å². The summed E-state index contributed by atoms with van der Waals surface area (Å²) in [7, 11) is 1.51. The van der Waals surface area contributed by atoms with Crippen LogP contribution in [0.25, 0.3) is 6.08 Å². The molecule has 0 atom stereocenters. The van der Waals surface area contributed by atoms with Crippen molar-refractivity contribution >= 4 is 35.1 Å². The van der Waals surface area contributed by atoms with Crippen LogP contribution in [0.15, 0.2) is 42.6 Å². The molecule has 0 saturated carbocycles. The molecule has 0 N–H and O–H groups in total. The molecule has 0 aliphatic carbocycles. The van der Waals surface area contributed by atoms with Crippen LogP contribution < -0.4 is 4.74 Å². The molecule has 5 heteroatoms. The molecule has 3 nitrogen and oxygen atoms in total. The fourth-order valence-corrected chi connectivity index (χ4v) is 1.90. The average Bonchev–Trinajstić information content (AvgIpc) is 2.45. The second-order valence-electron chi connectivity index (χ2n) is 3.96. The van der Waals surface area contributed by atoms with E-state index in [2.05, 4.69) is 4.98 Å². The highest BCUT2D eigenvalue weighted by Crippen LogP contribution is 2.21. The van der Waals surface area contributed by atoms with Gasteiger partial charge in [-0.1, -0.05) is 23.2 Å². The van der Waals surface area contributed by atoms with Crippen molar-refractivity contribution in [1.29, 1.82) is 0 Å². The Labute approximate surface area is 126 Å². The summed E-state index contributed by atoms with van der Waals surface area (Å²) < 4.78 is 5.10. The van der Waals surface area contributed by atoms with Gasteiger partial charge in [-0.2, -0.15) is 0 Å². The Balaban J connectivity index is 2.22. The summed E-state index contributed by atoms with van der Waals surface area (Å²) in [6.45, 7) is 0. The second-order valence-corrected chi connectivity index (χ2v) is 4.83. The van der Waals surface area contributed by atoms with Crippen LogP contribution >= 0.6 is 23.2 Å². The molecule has 0 aliphatic rings. The summed E-state index contributed by atoms with van der Waals surface area (Å²) in [5.41, 5.74) is 1.20. The first-order valence-corrected chi connectivity index (χ1v) is 6.53. The van der Waals surface area contributed by atoms with Crippen LogP contribution in [0.4, 0.5) is 0 Å². The number of ketones is 1. The lowest BCUT2D eigenvalue weighted by molar-refractivity contribution is 0.104. The molecule has 2 aromatic rings. The molecule has 0 bridgehead atoms. The van der Waals surface area contributed by atoms with Crippen molar-refractivity contribution in [1.82, 2.24) is 4.98 Å². The predicted molar refractivity (Wildman–Crippen MR) is 80.6 cm³/mol. The molecule has 2 rings (SSSR count). The van der Waals surface area contributed by atoms with Crippen molar-refractivity contribution in [3.05, 3.63) is 63.8 Å². The van der Waals surface area contributed by atoms with Crippen LogP contribution in [0.5, 0.6) is 5.88 Å². The van der Waals surface area contributed by atoms with Gasteiger partial charge in [-0.3, -0.25) is 4.79 Å². The minimum Gasteiger partial charge on any atom is -0.481 e. The minimum atomic E-state index is -0.135. The first-order valence-electron chi connectivity index (χ1n) is 5.77. The van der Waals surface area contributed by atoms with Gasteiger partial charge in [0, 0.05) is 22.3 Å². The number of ether oxygens (including phenoxy) is 1. The van der Waals surface area contributed by atoms with Crippen LogP contribution in [-0.4, -0.2) is 17.9 Å². The number of nitrogens with zero attached hydrogens (tertiary/aromatic N) is 1. The molecular weight excluding hydrogens is 297 g/mol. The maximum Gasteiger partial charge on any atom is 0.220 e. The summed E-state index contributed by atoms with van der Waals surface area (Å²) in [5, 5.41) is 1.07. The number of allylic oxidation sites excluding steroid dienone is 1. The van der Waals surface area contributed by atoms with Gasteiger partial charge in [0.15, 0.2) is 5.78 Å². The first kappa shape index (κ1) is 14.6. The highest BCUT2D eigenvalue weighted by atomic mass is 35.5. The molecule has 20 heavy (non-hydrogen) atoms. The number of aromatic nitrogens is 1. The van der Waals surface area contributed by atoms with Gasteiger partial charge in [0.25, 0.3) is 0 Å². The lowest BCUT2D eigenvalue weighted by Crippen LogP contribution is -1.94. The Kier molecular flexibility index (Phi) is 4.77. The van der Waals surface area contributed by atoms with Crippen LogP contribution in [0.3, 0.4) is 0 Å². The fraction of sp³-hybridized carbons (Fsp3) is 0.0667. The van der Waals surface area contributed by atoms with Crippen molar-refractivity contribution in [2.24, 2.45) is 0 Å². The fourth-order valence-electron chi connectivity index (χ4n) is 1.61. The number of hydrogen-bond acceptors (Lipinski definition) is 3. The van der Waals surface area contributed by atoms with Gasteiger partial charge in [-0.05, 0) is 42.5 Å². The maximum absolute atomic E-state index is 12.0. The lowest BCUT2D eigenvalue weighted by Gasteiger charge is -2.03. The van der Waals surface area contributed by atoms with Crippen molar-refractivity contribution in [3.63, 3.8) is 0 Å². The number of methoxy groups -OCH3 is 1. The Morgan fingerprint density at radius 3 is 2.55 bits per heavy atom. The summed E-state index contributed by atoms with van der Waals surface area (Å²) in [6.07, 6.45) is 4.55. The van der Waals surface area contributed by atoms with Crippen LogP contribution in [0.1, 0.15) is 15.9 Å². The predicted octanol–water partition coefficient (Wildman–Crippen LogP) is 4.29. The smallest absolute Gasteiger partial charge is 0.220 e. The molecule has 0 amide bonds. The number of hydrogen-bond donors (Lipinski definition) is 0. The molecule has 1 aromatic carbocycles. The molecule has 102 valence electrons. The van der Waals surface area contributed by atoms with Gasteiger partial charge < -0.3 is 4.74 Å². The van der Waals surface area contributed by atoms with Crippen LogP contribution in [0, 0.1) is 0 Å². The van der Waals surface area contributed by atoms with Crippen LogP contribution in [-0.2, 0) is 0 Å². The molecular formula is C15H11Cl2NO2. The van der Waals surface area contributed by atoms with E-state index in [-0.39, 0.29) is 5.78 Å². The van der Waals surface area contributed by atoms with Gasteiger partial charge in [0.2, 0.25) is 5.88 Å². The SMILES string of the molecule is COc1ncc(Cl)cc1/C=C/C(=O)c1ccc(Cl)cc1. The average molecular weight is 308 g/mol. The van der Waals surface area contributed by atoms with Crippen molar-refractivity contribution in [2.45, 2.75) is 0 Å². The third-order valence-corrected chi connectivity index (χ3v) is 3.04. The van der Waals surface area contributed by atoms with Crippen molar-refractivity contribution in [2.75, 3.05) is 7.11 Å². The van der Waals surface area contributed by atoms with E-state index in [0.717, 1.165) is 0 Å². The van der Waals surface area contributed by atoms with Crippen molar-refractivity contribution in [3.8, 4) is 5.88 Å². The maximum atomic E-state index is 12.0. The van der Waals surface area contributed by atoms with E-state index < -0.39 is 0 Å². The quantitative estimate of drug-likeness (QED) is 0.624. The standard InChI is InChI=1S/C15H11Cl2NO2/c1-20-15-11(8-13(17)9-18-15)4-7-14(19)10-2-5-12(16)6-3-10/h2-9H,1H3/b7-4+. The summed E-state index contributed by atoms with van der Waals surface area (Å²) >= 11 is 11.6. The lowest BCUT2D eigenvalue weighted by atomic mass is 10.1. The number of halogens is 2. The monoisotopic (exact) mass is 307 g/mol. The third-order valence-electron chi connectivity index (χ3n) is 2.58. The Hall–Kier alpha value is -1.84. The Morgan fingerprint density at radius 2 is 1.90 bits per heavy atom. The molecule has 0 saturated heterocycles. The van der Waals surface area contributed by atoms with E-state index in [0.29, 0.717) is 27.1 Å². The second kappa shape index (κ2) is 6.55. The zero-order chi connectivity index (χ0) is 14.5. The minimum absolute atomic E-state index is 0.135. The van der Waals surface area contributed by atoms with Gasteiger partial charge in [0.05, 0.1) is 12.1 Å². The number of carbonyl (C=O) groups excluding carboxylic acids is 1. The molecule has 0 aliphatic heterocycles. The van der Waals surface area contributed by atoms with E-state index in [4.69, 9.17) is 27.9 Å². The zero-order valence-corrected chi connectivity index (χ0v) is 12.2. The summed E-state index contributed by atoms with van der Waals surface area (Å²) in [4.78, 5) is 16.0. The molecule has 0 spiro atoms. The number of benzene rings is 1. The highest BCUT2D eigenvalue weighted by Gasteiger charge is 2.05. The molecule has 1 aromatic heterocycles. The molecule has 1 heterocycles. The molecule has 0 unspecified atom stereocenters. The number of carbonyl (C=O) groups is 1. The zero-order valence-electron chi connectivity index (χ0n) is 10.6. The highest BCUT2D eigenvalue weighted by molar-refractivity contribution is 6.31. The van der Waals surface area contributed by atoms with Crippen molar-refractivity contribution < 1.29 is 9.53 Å². The van der Waals surface area contributed by atoms with Gasteiger partial charge in [-0.15, -0.1) is 0 Å². The van der Waals surface area contributed by atoms with Gasteiger partial charge in [-0.25, -0.2) is 4.98 Å². The number of rotatable bonds is 4. The van der Waals surface area contributed by atoms with Gasteiger partial charge in [0.1, 0.15) is 0 Å². The molecule has 0 radical (unpaired) electrons. The third kappa shape index (κ3) is 3.59. The topological polar surface area (TPSA) is 39.2 Å². The van der Waals surface area contributed by atoms with Gasteiger partial charge >= 0.3 is 0 Å². The largest absolute Gasteiger partial charge is 0.481 e. The Bertz CT molecular complexity index is 651. The van der Waals surface area contributed by atoms with E-state index in [1.54, 1.807) is 36.4 Å². The number of pyridine rings is 1. The Morgan fingerprint density at radius 1 is 1.20 bits per heavy atom. The summed E-state index contributed by atoms with van der Waals surface area (Å²) in [6, 6.07) is 8.36.